The van der Waals surface area contributed by atoms with Crippen LogP contribution in [0.25, 0.3) is 0 Å². The van der Waals surface area contributed by atoms with Gasteiger partial charge in [-0.1, -0.05) is 35.1 Å². The average molecular weight is 556 g/mol. The second-order valence-electron chi connectivity index (χ2n) is 9.61. The number of ether oxygens (including phenoxy) is 2. The molecule has 0 spiro atoms. The number of fused-ring (bicyclic) bond motifs is 1. The lowest BCUT2D eigenvalue weighted by atomic mass is 9.83. The van der Waals surface area contributed by atoms with Gasteiger partial charge in [-0.25, -0.2) is 13.8 Å². The molecule has 1 aromatic carbocycles. The van der Waals surface area contributed by atoms with Crippen LogP contribution in [-0.4, -0.2) is 54.1 Å². The third kappa shape index (κ3) is 8.35. The van der Waals surface area contributed by atoms with Crippen molar-refractivity contribution in [3.8, 4) is 5.19 Å². The van der Waals surface area contributed by atoms with E-state index in [0.717, 1.165) is 41.8 Å². The van der Waals surface area contributed by atoms with Crippen LogP contribution in [-0.2, 0) is 33.7 Å². The molecule has 7 nitrogen and oxygen atoms in total. The molecule has 4 rings (SSSR count). The van der Waals surface area contributed by atoms with Crippen molar-refractivity contribution in [3.63, 3.8) is 0 Å². The molecule has 1 aliphatic heterocycles. The molecule has 0 bridgehead atoms. The molecule has 2 aliphatic rings. The van der Waals surface area contributed by atoms with Gasteiger partial charge in [0.1, 0.15) is 0 Å². The number of nitrogens with zero attached hydrogens (tertiary/aromatic N) is 2. The molecule has 1 aliphatic carbocycles. The van der Waals surface area contributed by atoms with E-state index < -0.39 is 13.0 Å². The molecule has 1 saturated carbocycles. The lowest BCUT2D eigenvalue weighted by Gasteiger charge is -2.36. The van der Waals surface area contributed by atoms with Crippen molar-refractivity contribution in [1.29, 1.82) is 0 Å². The molecule has 202 valence electrons. The van der Waals surface area contributed by atoms with Gasteiger partial charge in [-0.15, -0.1) is 0 Å². The van der Waals surface area contributed by atoms with E-state index in [0.29, 0.717) is 56.2 Å². The summed E-state index contributed by atoms with van der Waals surface area (Å²) in [5.74, 6) is 0.443. The summed E-state index contributed by atoms with van der Waals surface area (Å²) in [6, 6.07) is 7.71. The number of hydrogen-bond acceptors (Lipinski definition) is 7. The Morgan fingerprint density at radius 2 is 2.00 bits per heavy atom. The number of carbonyl (C=O) groups excluding carboxylic acids is 2. The average Bonchev–Trinajstić information content (AvgIpc) is 3.30. The number of benzene rings is 1. The van der Waals surface area contributed by atoms with E-state index in [1.54, 1.807) is 0 Å². The molecule has 1 aromatic heterocycles. The predicted octanol–water partition coefficient (Wildman–Crippen LogP) is 5.00. The summed E-state index contributed by atoms with van der Waals surface area (Å²) in [4.78, 5) is 31.1. The lowest BCUT2D eigenvalue weighted by molar-refractivity contribution is -0.147. The van der Waals surface area contributed by atoms with Gasteiger partial charge < -0.3 is 14.8 Å². The number of thiazole rings is 1. The SMILES string of the molecule is O=COC(C[C@H]1CC[C@H](NC(=O)CCc2ccc(Cl)cc2)CC1)N1CCc2sc(OCC(F)F)nc2C1. The van der Waals surface area contributed by atoms with Gasteiger partial charge in [-0.2, -0.15) is 0 Å². The fourth-order valence-corrected chi connectivity index (χ4v) is 6.07. The maximum absolute atomic E-state index is 12.4. The number of carbonyl (C=O) groups is 2. The standard InChI is InChI=1S/C26H32ClF2N3O4S/c27-19-6-1-17(2-7-19)5-10-24(34)30-20-8-3-18(4-9-20)13-25(36-16-33)32-12-11-22-21(14-32)31-26(37-22)35-15-23(28)29/h1-2,6-7,16,18,20,23,25H,3-5,8-15H2,(H,30,34)/t18-,20-,25?. The predicted molar refractivity (Wildman–Crippen MR) is 137 cm³/mol. The van der Waals surface area contributed by atoms with Crippen LogP contribution in [0.3, 0.4) is 0 Å². The molecule has 0 radical (unpaired) electrons. The summed E-state index contributed by atoms with van der Waals surface area (Å²) in [6.45, 7) is 1.01. The van der Waals surface area contributed by atoms with E-state index in [-0.39, 0.29) is 23.4 Å². The third-order valence-electron chi connectivity index (χ3n) is 6.99. The lowest BCUT2D eigenvalue weighted by Crippen LogP contribution is -2.43. The second-order valence-corrected chi connectivity index (χ2v) is 11.1. The molecule has 2 aromatic rings. The highest BCUT2D eigenvalue weighted by molar-refractivity contribution is 7.13. The summed E-state index contributed by atoms with van der Waals surface area (Å²) in [6.07, 6.45) is 3.32. The minimum atomic E-state index is -2.54. The van der Waals surface area contributed by atoms with Gasteiger partial charge in [0.15, 0.2) is 12.8 Å². The van der Waals surface area contributed by atoms with Crippen molar-refractivity contribution in [2.75, 3.05) is 13.2 Å². The Labute approximate surface area is 224 Å². The molecule has 1 fully saturated rings. The number of aromatic nitrogens is 1. The monoisotopic (exact) mass is 555 g/mol. The maximum Gasteiger partial charge on any atom is 0.294 e. The highest BCUT2D eigenvalue weighted by atomic mass is 35.5. The highest BCUT2D eigenvalue weighted by Crippen LogP contribution is 2.34. The Balaban J connectivity index is 1.21. The Morgan fingerprint density at radius 3 is 2.70 bits per heavy atom. The summed E-state index contributed by atoms with van der Waals surface area (Å²) in [5, 5.41) is 4.11. The zero-order valence-corrected chi connectivity index (χ0v) is 22.1. The number of aryl methyl sites for hydroxylation is 1. The first kappa shape index (κ1) is 27.7. The van der Waals surface area contributed by atoms with E-state index in [2.05, 4.69) is 15.2 Å². The molecule has 11 heteroatoms. The van der Waals surface area contributed by atoms with Crippen LogP contribution < -0.4 is 10.1 Å². The molecule has 1 amide bonds. The summed E-state index contributed by atoms with van der Waals surface area (Å²) in [7, 11) is 0. The van der Waals surface area contributed by atoms with Crippen molar-refractivity contribution < 1.29 is 27.8 Å². The van der Waals surface area contributed by atoms with E-state index in [4.69, 9.17) is 21.1 Å². The number of halogens is 3. The van der Waals surface area contributed by atoms with Crippen molar-refractivity contribution in [3.05, 3.63) is 45.4 Å². The van der Waals surface area contributed by atoms with Gasteiger partial charge in [0.05, 0.1) is 5.69 Å². The first-order valence-corrected chi connectivity index (χ1v) is 13.9. The fourth-order valence-electron chi connectivity index (χ4n) is 5.03. The second kappa shape index (κ2) is 13.5. The first-order valence-electron chi connectivity index (χ1n) is 12.7. The molecule has 1 N–H and O–H groups in total. The van der Waals surface area contributed by atoms with Gasteiger partial charge in [-0.05, 0) is 62.1 Å². The first-order chi connectivity index (χ1) is 17.9. The zero-order chi connectivity index (χ0) is 26.2. The van der Waals surface area contributed by atoms with Crippen molar-refractivity contribution in [2.45, 2.75) is 76.6 Å². The largest absolute Gasteiger partial charge is 0.464 e. The van der Waals surface area contributed by atoms with Crippen LogP contribution in [0, 0.1) is 5.92 Å². The van der Waals surface area contributed by atoms with E-state index in [9.17, 15) is 18.4 Å². The normalized spacial score (nSPS) is 20.8. The summed E-state index contributed by atoms with van der Waals surface area (Å²) < 4.78 is 35.4. The molecule has 1 unspecified atom stereocenters. The van der Waals surface area contributed by atoms with E-state index in [1.165, 1.54) is 11.3 Å². The van der Waals surface area contributed by atoms with Gasteiger partial charge in [0.2, 0.25) is 5.91 Å². The maximum atomic E-state index is 12.4. The molecular weight excluding hydrogens is 524 g/mol. The number of nitrogens with one attached hydrogen (secondary N) is 1. The number of amides is 1. The Morgan fingerprint density at radius 1 is 1.24 bits per heavy atom. The third-order valence-corrected chi connectivity index (χ3v) is 8.31. The quantitative estimate of drug-likeness (QED) is 0.371. The number of alkyl halides is 2. The van der Waals surface area contributed by atoms with Gasteiger partial charge in [0, 0.05) is 41.9 Å². The van der Waals surface area contributed by atoms with Crippen molar-refractivity contribution in [2.24, 2.45) is 5.92 Å². The van der Waals surface area contributed by atoms with Crippen molar-refractivity contribution >= 4 is 35.3 Å². The van der Waals surface area contributed by atoms with Gasteiger partial charge >= 0.3 is 0 Å². The van der Waals surface area contributed by atoms with Crippen LogP contribution >= 0.6 is 22.9 Å². The summed E-state index contributed by atoms with van der Waals surface area (Å²) in [5.41, 5.74) is 1.88. The smallest absolute Gasteiger partial charge is 0.294 e. The number of hydrogen-bond donors (Lipinski definition) is 1. The molecule has 0 saturated heterocycles. The van der Waals surface area contributed by atoms with Crippen molar-refractivity contribution in [1.82, 2.24) is 15.2 Å². The zero-order valence-electron chi connectivity index (χ0n) is 20.5. The fraction of sp³-hybridized carbons (Fsp3) is 0.577. The van der Waals surface area contributed by atoms with Gasteiger partial charge in [0.25, 0.3) is 18.1 Å². The Kier molecular flexibility index (Phi) is 10.1. The van der Waals surface area contributed by atoms with Crippen LogP contribution in [0.4, 0.5) is 8.78 Å². The minimum Gasteiger partial charge on any atom is -0.464 e. The Bertz CT molecular complexity index is 1030. The summed E-state index contributed by atoms with van der Waals surface area (Å²) >= 11 is 7.22. The van der Waals surface area contributed by atoms with E-state index >= 15 is 0 Å². The molecule has 37 heavy (non-hydrogen) atoms. The molecule has 1 atom stereocenters. The van der Waals surface area contributed by atoms with Crippen LogP contribution in [0.15, 0.2) is 24.3 Å². The topological polar surface area (TPSA) is 80.8 Å². The Hall–Kier alpha value is -2.30. The van der Waals surface area contributed by atoms with Crippen LogP contribution in [0.2, 0.25) is 5.02 Å². The highest BCUT2D eigenvalue weighted by Gasteiger charge is 2.31. The van der Waals surface area contributed by atoms with E-state index in [1.807, 2.05) is 24.3 Å². The molecular formula is C26H32ClF2N3O4S. The van der Waals surface area contributed by atoms with Gasteiger partial charge in [-0.3, -0.25) is 14.5 Å². The van der Waals surface area contributed by atoms with Crippen LogP contribution in [0.5, 0.6) is 5.19 Å². The van der Waals surface area contributed by atoms with Crippen LogP contribution in [0.1, 0.15) is 54.7 Å². The minimum absolute atomic E-state index is 0.0600. The molecule has 2 heterocycles. The number of rotatable bonds is 12.